The van der Waals surface area contributed by atoms with Gasteiger partial charge in [-0.25, -0.2) is 12.8 Å². The number of amides is 2. The number of likely N-dealkylation sites (N-methyl/N-ethyl adjacent to an activating group) is 1. The van der Waals surface area contributed by atoms with Gasteiger partial charge in [-0.15, -0.1) is 0 Å². The van der Waals surface area contributed by atoms with Gasteiger partial charge in [0.15, 0.2) is 0 Å². The number of hydrogen-bond donors (Lipinski definition) is 1. The van der Waals surface area contributed by atoms with E-state index >= 15 is 0 Å². The molecular formula is C33H34FN3O5S. The SMILES string of the molecule is CCNC(=O)[C@@H](CC)N(Cc1ccc(F)cc1)C(=O)CN(c1ccc(Oc2ccccc2)cc1)S(=O)(=O)c1ccccc1. The van der Waals surface area contributed by atoms with Crippen molar-refractivity contribution >= 4 is 27.5 Å². The second-order valence-electron chi connectivity index (χ2n) is 9.70. The van der Waals surface area contributed by atoms with Crippen LogP contribution in [-0.4, -0.2) is 44.3 Å². The number of halogens is 1. The zero-order valence-corrected chi connectivity index (χ0v) is 24.8. The summed E-state index contributed by atoms with van der Waals surface area (Å²) in [5.41, 5.74) is 0.836. The molecule has 0 aliphatic carbocycles. The first-order valence-corrected chi connectivity index (χ1v) is 15.4. The Hall–Kier alpha value is -4.70. The average molecular weight is 604 g/mol. The third kappa shape index (κ3) is 7.98. The van der Waals surface area contributed by atoms with Gasteiger partial charge in [-0.1, -0.05) is 55.5 Å². The summed E-state index contributed by atoms with van der Waals surface area (Å²) >= 11 is 0. The largest absolute Gasteiger partial charge is 0.457 e. The number of nitrogens with zero attached hydrogens (tertiary/aromatic N) is 2. The normalized spacial score (nSPS) is 11.8. The number of carbonyl (C=O) groups is 2. The summed E-state index contributed by atoms with van der Waals surface area (Å²) in [5.74, 6) is -0.283. The standard InChI is InChI=1S/C33H34FN3O5S/c1-3-31(33(39)35-4-2)36(23-25-15-17-26(34)18-16-25)32(38)24-37(43(40,41)30-13-9-6-10-14-30)27-19-21-29(22-20-27)42-28-11-7-5-8-12-28/h5-22,31H,3-4,23-24H2,1-2H3,(H,35,39)/t31-/m1/s1. The van der Waals surface area contributed by atoms with E-state index in [1.807, 2.05) is 18.2 Å². The van der Waals surface area contributed by atoms with E-state index < -0.39 is 34.3 Å². The molecule has 0 aromatic heterocycles. The summed E-state index contributed by atoms with van der Waals surface area (Å²) in [5, 5.41) is 2.76. The Morgan fingerprint density at radius 3 is 1.98 bits per heavy atom. The zero-order valence-electron chi connectivity index (χ0n) is 24.0. The predicted molar refractivity (Wildman–Crippen MR) is 164 cm³/mol. The lowest BCUT2D eigenvalue weighted by Gasteiger charge is -2.33. The molecule has 4 rings (SSSR count). The van der Waals surface area contributed by atoms with Crippen LogP contribution in [0.4, 0.5) is 10.1 Å². The molecule has 0 unspecified atom stereocenters. The number of rotatable bonds is 13. The molecule has 0 saturated carbocycles. The van der Waals surface area contributed by atoms with E-state index in [0.29, 0.717) is 23.6 Å². The molecule has 4 aromatic carbocycles. The summed E-state index contributed by atoms with van der Waals surface area (Å²) in [6, 6.07) is 28.1. The van der Waals surface area contributed by atoms with Gasteiger partial charge in [-0.2, -0.15) is 0 Å². The van der Waals surface area contributed by atoms with Gasteiger partial charge in [0.05, 0.1) is 10.6 Å². The van der Waals surface area contributed by atoms with Gasteiger partial charge in [0.25, 0.3) is 10.0 Å². The number of para-hydroxylation sites is 1. The van der Waals surface area contributed by atoms with E-state index in [4.69, 9.17) is 4.74 Å². The second kappa shape index (κ2) is 14.5. The molecular weight excluding hydrogens is 569 g/mol. The summed E-state index contributed by atoms with van der Waals surface area (Å²) in [6.07, 6.45) is 0.287. The van der Waals surface area contributed by atoms with Gasteiger partial charge in [0, 0.05) is 13.1 Å². The number of benzene rings is 4. The van der Waals surface area contributed by atoms with E-state index in [9.17, 15) is 22.4 Å². The molecule has 0 radical (unpaired) electrons. The van der Waals surface area contributed by atoms with Gasteiger partial charge >= 0.3 is 0 Å². The molecule has 0 spiro atoms. The highest BCUT2D eigenvalue weighted by Gasteiger charge is 2.33. The highest BCUT2D eigenvalue weighted by Crippen LogP contribution is 2.28. The molecule has 2 amide bonds. The fraction of sp³-hybridized carbons (Fsp3) is 0.212. The fourth-order valence-electron chi connectivity index (χ4n) is 4.55. The molecule has 0 saturated heterocycles. The molecule has 43 heavy (non-hydrogen) atoms. The molecule has 1 atom stereocenters. The first kappa shape index (κ1) is 31.2. The van der Waals surface area contributed by atoms with Crippen LogP contribution in [0.25, 0.3) is 0 Å². The van der Waals surface area contributed by atoms with Crippen molar-refractivity contribution in [2.24, 2.45) is 0 Å². The topological polar surface area (TPSA) is 96.0 Å². The number of hydrogen-bond acceptors (Lipinski definition) is 5. The van der Waals surface area contributed by atoms with Gasteiger partial charge in [0.2, 0.25) is 11.8 Å². The van der Waals surface area contributed by atoms with E-state index in [2.05, 4.69) is 5.32 Å². The molecule has 0 aliphatic heterocycles. The molecule has 0 aliphatic rings. The van der Waals surface area contributed by atoms with Crippen molar-refractivity contribution < 1.29 is 27.1 Å². The lowest BCUT2D eigenvalue weighted by atomic mass is 10.1. The fourth-order valence-corrected chi connectivity index (χ4v) is 5.99. The van der Waals surface area contributed by atoms with Crippen molar-refractivity contribution in [3.8, 4) is 11.5 Å². The Labute approximate surface area is 251 Å². The Morgan fingerprint density at radius 1 is 0.814 bits per heavy atom. The van der Waals surface area contributed by atoms with Crippen molar-refractivity contribution in [3.63, 3.8) is 0 Å². The average Bonchev–Trinajstić information content (AvgIpc) is 3.02. The first-order valence-electron chi connectivity index (χ1n) is 13.9. The van der Waals surface area contributed by atoms with Crippen molar-refractivity contribution in [3.05, 3.63) is 121 Å². The van der Waals surface area contributed by atoms with Crippen molar-refractivity contribution in [1.29, 1.82) is 0 Å². The van der Waals surface area contributed by atoms with Crippen LogP contribution in [0.2, 0.25) is 0 Å². The summed E-state index contributed by atoms with van der Waals surface area (Å²) in [4.78, 5) is 28.4. The van der Waals surface area contributed by atoms with Crippen LogP contribution in [0.1, 0.15) is 25.8 Å². The molecule has 4 aromatic rings. The van der Waals surface area contributed by atoms with Crippen LogP contribution in [0, 0.1) is 5.82 Å². The highest BCUT2D eigenvalue weighted by molar-refractivity contribution is 7.92. The summed E-state index contributed by atoms with van der Waals surface area (Å²) < 4.78 is 48.4. The molecule has 224 valence electrons. The third-order valence-corrected chi connectivity index (χ3v) is 8.50. The van der Waals surface area contributed by atoms with Crippen LogP contribution >= 0.6 is 0 Å². The van der Waals surface area contributed by atoms with Crippen molar-refractivity contribution in [2.45, 2.75) is 37.8 Å². The van der Waals surface area contributed by atoms with Crippen LogP contribution in [0.5, 0.6) is 11.5 Å². The number of nitrogens with one attached hydrogen (secondary N) is 1. The third-order valence-electron chi connectivity index (χ3n) is 6.72. The molecule has 0 bridgehead atoms. The zero-order chi connectivity index (χ0) is 30.8. The van der Waals surface area contributed by atoms with Crippen LogP contribution in [0.15, 0.2) is 114 Å². The maximum Gasteiger partial charge on any atom is 0.264 e. The molecule has 0 heterocycles. The van der Waals surface area contributed by atoms with E-state index in [0.717, 1.165) is 4.31 Å². The monoisotopic (exact) mass is 603 g/mol. The van der Waals surface area contributed by atoms with Crippen molar-refractivity contribution in [1.82, 2.24) is 10.2 Å². The lowest BCUT2D eigenvalue weighted by molar-refractivity contribution is -0.140. The van der Waals surface area contributed by atoms with E-state index in [1.54, 1.807) is 68.4 Å². The second-order valence-corrected chi connectivity index (χ2v) is 11.6. The summed E-state index contributed by atoms with van der Waals surface area (Å²) in [7, 11) is -4.20. The Kier molecular flexibility index (Phi) is 10.5. The smallest absolute Gasteiger partial charge is 0.264 e. The minimum Gasteiger partial charge on any atom is -0.457 e. The minimum absolute atomic E-state index is 0.00765. The molecule has 1 N–H and O–H groups in total. The van der Waals surface area contributed by atoms with E-state index in [-0.39, 0.29) is 29.5 Å². The number of ether oxygens (including phenoxy) is 1. The number of anilines is 1. The van der Waals surface area contributed by atoms with Crippen molar-refractivity contribution in [2.75, 3.05) is 17.4 Å². The minimum atomic E-state index is -4.20. The van der Waals surface area contributed by atoms with Gasteiger partial charge in [-0.3, -0.25) is 13.9 Å². The van der Waals surface area contributed by atoms with Gasteiger partial charge in [-0.05, 0) is 79.6 Å². The first-order chi connectivity index (χ1) is 20.7. The van der Waals surface area contributed by atoms with Crippen LogP contribution < -0.4 is 14.4 Å². The van der Waals surface area contributed by atoms with Crippen LogP contribution in [0.3, 0.4) is 0 Å². The van der Waals surface area contributed by atoms with E-state index in [1.165, 1.54) is 41.3 Å². The van der Waals surface area contributed by atoms with Crippen LogP contribution in [-0.2, 0) is 26.2 Å². The van der Waals surface area contributed by atoms with Gasteiger partial charge in [0.1, 0.15) is 29.9 Å². The number of carbonyl (C=O) groups excluding carboxylic acids is 2. The highest BCUT2D eigenvalue weighted by atomic mass is 32.2. The Balaban J connectivity index is 1.70. The van der Waals surface area contributed by atoms with Gasteiger partial charge < -0.3 is 15.0 Å². The molecule has 0 fully saturated rings. The number of sulfonamides is 1. The summed E-state index contributed by atoms with van der Waals surface area (Å²) in [6.45, 7) is 3.32. The maximum absolute atomic E-state index is 14.0. The lowest BCUT2D eigenvalue weighted by Crippen LogP contribution is -2.52. The maximum atomic E-state index is 14.0. The Morgan fingerprint density at radius 2 is 1.40 bits per heavy atom. The molecule has 10 heteroatoms. The predicted octanol–water partition coefficient (Wildman–Crippen LogP) is 5.76. The Bertz CT molecular complexity index is 1600. The molecule has 8 nitrogen and oxygen atoms in total. The quantitative estimate of drug-likeness (QED) is 0.210.